The molecule has 2 unspecified atom stereocenters. The molecule has 0 fully saturated rings. The van der Waals surface area contributed by atoms with Crippen LogP contribution in [0.3, 0.4) is 0 Å². The molecule has 2 N–H and O–H groups in total. The van der Waals surface area contributed by atoms with E-state index in [1.165, 1.54) is 10.9 Å². The van der Waals surface area contributed by atoms with Crippen LogP contribution in [0.1, 0.15) is 37.6 Å². The van der Waals surface area contributed by atoms with E-state index in [2.05, 4.69) is 44.0 Å². The standard InChI is InChI=1S/C15H20N2/c1-4-10(2)15(16)14-9-11(3)12-7-5-6-8-13(12)17-14/h5-10,15H,4,16H2,1-3H3. The molecule has 0 amide bonds. The lowest BCUT2D eigenvalue weighted by Gasteiger charge is -2.18. The summed E-state index contributed by atoms with van der Waals surface area (Å²) in [5.41, 5.74) is 9.55. The predicted octanol–water partition coefficient (Wildman–Crippen LogP) is 3.59. The summed E-state index contributed by atoms with van der Waals surface area (Å²) in [6.45, 7) is 6.46. The van der Waals surface area contributed by atoms with E-state index in [0.717, 1.165) is 17.6 Å². The van der Waals surface area contributed by atoms with Crippen LogP contribution < -0.4 is 5.73 Å². The van der Waals surface area contributed by atoms with Gasteiger partial charge in [-0.25, -0.2) is 0 Å². The minimum Gasteiger partial charge on any atom is -0.322 e. The Bertz CT molecular complexity index is 519. The van der Waals surface area contributed by atoms with Crippen molar-refractivity contribution < 1.29 is 0 Å². The zero-order valence-electron chi connectivity index (χ0n) is 10.8. The van der Waals surface area contributed by atoms with Gasteiger partial charge in [0.1, 0.15) is 0 Å². The summed E-state index contributed by atoms with van der Waals surface area (Å²) in [7, 11) is 0. The van der Waals surface area contributed by atoms with E-state index < -0.39 is 0 Å². The highest BCUT2D eigenvalue weighted by molar-refractivity contribution is 5.82. The summed E-state index contributed by atoms with van der Waals surface area (Å²) < 4.78 is 0. The number of aromatic nitrogens is 1. The van der Waals surface area contributed by atoms with E-state index in [4.69, 9.17) is 5.73 Å². The van der Waals surface area contributed by atoms with Gasteiger partial charge in [0.25, 0.3) is 0 Å². The molecule has 2 aromatic rings. The average Bonchev–Trinajstić information content (AvgIpc) is 2.37. The van der Waals surface area contributed by atoms with E-state index in [9.17, 15) is 0 Å². The van der Waals surface area contributed by atoms with Gasteiger partial charge in [-0.1, -0.05) is 38.5 Å². The highest BCUT2D eigenvalue weighted by Crippen LogP contribution is 2.24. The topological polar surface area (TPSA) is 38.9 Å². The third kappa shape index (κ3) is 2.32. The van der Waals surface area contributed by atoms with Crippen LogP contribution in [-0.4, -0.2) is 4.98 Å². The van der Waals surface area contributed by atoms with Crippen molar-refractivity contribution in [1.82, 2.24) is 4.98 Å². The zero-order chi connectivity index (χ0) is 12.4. The molecule has 1 aromatic heterocycles. The van der Waals surface area contributed by atoms with E-state index in [0.29, 0.717) is 5.92 Å². The van der Waals surface area contributed by atoms with Gasteiger partial charge >= 0.3 is 0 Å². The Balaban J connectivity index is 2.50. The second-order valence-corrected chi connectivity index (χ2v) is 4.79. The van der Waals surface area contributed by atoms with Gasteiger partial charge in [-0.2, -0.15) is 0 Å². The Labute approximate surface area is 103 Å². The van der Waals surface area contributed by atoms with Gasteiger partial charge in [-0.05, 0) is 30.5 Å². The molecule has 0 radical (unpaired) electrons. The molecule has 2 nitrogen and oxygen atoms in total. The number of aryl methyl sites for hydroxylation is 1. The average molecular weight is 228 g/mol. The van der Waals surface area contributed by atoms with Crippen molar-refractivity contribution in [2.24, 2.45) is 11.7 Å². The number of nitrogens with two attached hydrogens (primary N) is 1. The maximum Gasteiger partial charge on any atom is 0.0708 e. The molecule has 0 bridgehead atoms. The molecule has 1 aromatic carbocycles. The fraction of sp³-hybridized carbons (Fsp3) is 0.400. The van der Waals surface area contributed by atoms with Gasteiger partial charge in [-0.15, -0.1) is 0 Å². The Morgan fingerprint density at radius 2 is 2.00 bits per heavy atom. The van der Waals surface area contributed by atoms with Crippen molar-refractivity contribution in [3.8, 4) is 0 Å². The number of pyridine rings is 1. The van der Waals surface area contributed by atoms with E-state index in [1.807, 2.05) is 12.1 Å². The summed E-state index contributed by atoms with van der Waals surface area (Å²) >= 11 is 0. The lowest BCUT2D eigenvalue weighted by atomic mass is 9.95. The largest absolute Gasteiger partial charge is 0.322 e. The number of hydrogen-bond acceptors (Lipinski definition) is 2. The van der Waals surface area contributed by atoms with Crippen molar-refractivity contribution in [3.05, 3.63) is 41.6 Å². The monoisotopic (exact) mass is 228 g/mol. The molecule has 90 valence electrons. The lowest BCUT2D eigenvalue weighted by Crippen LogP contribution is -2.20. The summed E-state index contributed by atoms with van der Waals surface area (Å²) in [4.78, 5) is 4.68. The van der Waals surface area contributed by atoms with Crippen molar-refractivity contribution in [1.29, 1.82) is 0 Å². The van der Waals surface area contributed by atoms with Gasteiger partial charge in [0.05, 0.1) is 11.2 Å². The summed E-state index contributed by atoms with van der Waals surface area (Å²) in [6.07, 6.45) is 1.08. The van der Waals surface area contributed by atoms with Crippen molar-refractivity contribution >= 4 is 10.9 Å². The Hall–Kier alpha value is -1.41. The number of para-hydroxylation sites is 1. The first-order chi connectivity index (χ1) is 8.13. The fourth-order valence-electron chi connectivity index (χ4n) is 2.09. The molecular formula is C15H20N2. The molecular weight excluding hydrogens is 208 g/mol. The van der Waals surface area contributed by atoms with Gasteiger partial charge in [0.2, 0.25) is 0 Å². The lowest BCUT2D eigenvalue weighted by molar-refractivity contribution is 0.449. The summed E-state index contributed by atoms with van der Waals surface area (Å²) in [6, 6.07) is 10.4. The molecule has 2 heteroatoms. The number of rotatable bonds is 3. The zero-order valence-corrected chi connectivity index (χ0v) is 10.8. The Morgan fingerprint density at radius 3 is 2.71 bits per heavy atom. The van der Waals surface area contributed by atoms with Crippen molar-refractivity contribution in [2.45, 2.75) is 33.2 Å². The minimum atomic E-state index is 0.0308. The highest BCUT2D eigenvalue weighted by Gasteiger charge is 2.15. The molecule has 1 heterocycles. The van der Waals surface area contributed by atoms with Crippen LogP contribution in [0.25, 0.3) is 10.9 Å². The molecule has 0 saturated carbocycles. The van der Waals surface area contributed by atoms with Crippen LogP contribution in [0.5, 0.6) is 0 Å². The predicted molar refractivity (Wildman–Crippen MR) is 72.9 cm³/mol. The quantitative estimate of drug-likeness (QED) is 0.872. The van der Waals surface area contributed by atoms with Crippen LogP contribution in [0.4, 0.5) is 0 Å². The smallest absolute Gasteiger partial charge is 0.0708 e. The summed E-state index contributed by atoms with van der Waals surface area (Å²) in [5, 5.41) is 1.22. The molecule has 0 aliphatic carbocycles. The first-order valence-corrected chi connectivity index (χ1v) is 6.25. The van der Waals surface area contributed by atoms with Crippen molar-refractivity contribution in [3.63, 3.8) is 0 Å². The second-order valence-electron chi connectivity index (χ2n) is 4.79. The normalized spacial score (nSPS) is 14.8. The van der Waals surface area contributed by atoms with Gasteiger partial charge in [-0.3, -0.25) is 4.98 Å². The Kier molecular flexibility index (Phi) is 3.43. The Morgan fingerprint density at radius 1 is 1.29 bits per heavy atom. The number of hydrogen-bond donors (Lipinski definition) is 1. The van der Waals surface area contributed by atoms with Gasteiger partial charge in [0.15, 0.2) is 0 Å². The van der Waals surface area contributed by atoms with Crippen LogP contribution in [0.15, 0.2) is 30.3 Å². The SMILES string of the molecule is CCC(C)C(N)c1cc(C)c2ccccc2n1. The van der Waals surface area contributed by atoms with Gasteiger partial charge in [0, 0.05) is 11.4 Å². The first-order valence-electron chi connectivity index (χ1n) is 6.25. The molecule has 0 aliphatic rings. The minimum absolute atomic E-state index is 0.0308. The first kappa shape index (κ1) is 12.1. The third-order valence-electron chi connectivity index (χ3n) is 3.54. The van der Waals surface area contributed by atoms with Crippen molar-refractivity contribution in [2.75, 3.05) is 0 Å². The molecule has 0 saturated heterocycles. The van der Waals surface area contributed by atoms with Crippen LogP contribution >= 0.6 is 0 Å². The number of nitrogens with zero attached hydrogens (tertiary/aromatic N) is 1. The van der Waals surface area contributed by atoms with Crippen LogP contribution in [0.2, 0.25) is 0 Å². The maximum atomic E-state index is 6.25. The van der Waals surface area contributed by atoms with Crippen LogP contribution in [0, 0.1) is 12.8 Å². The van der Waals surface area contributed by atoms with Crippen LogP contribution in [-0.2, 0) is 0 Å². The molecule has 0 spiro atoms. The fourth-order valence-corrected chi connectivity index (χ4v) is 2.09. The van der Waals surface area contributed by atoms with E-state index >= 15 is 0 Å². The van der Waals surface area contributed by atoms with E-state index in [1.54, 1.807) is 0 Å². The number of fused-ring (bicyclic) bond motifs is 1. The molecule has 2 rings (SSSR count). The second kappa shape index (κ2) is 4.84. The summed E-state index contributed by atoms with van der Waals surface area (Å²) in [5.74, 6) is 0.461. The number of benzene rings is 1. The maximum absolute atomic E-state index is 6.25. The molecule has 2 atom stereocenters. The van der Waals surface area contributed by atoms with Gasteiger partial charge < -0.3 is 5.73 Å². The molecule has 17 heavy (non-hydrogen) atoms. The third-order valence-corrected chi connectivity index (χ3v) is 3.54. The highest BCUT2D eigenvalue weighted by atomic mass is 14.8. The van der Waals surface area contributed by atoms with E-state index in [-0.39, 0.29) is 6.04 Å². The molecule has 0 aliphatic heterocycles.